The van der Waals surface area contributed by atoms with Crippen LogP contribution in [0.2, 0.25) is 0 Å². The summed E-state index contributed by atoms with van der Waals surface area (Å²) in [5, 5.41) is 3.29. The van der Waals surface area contributed by atoms with Gasteiger partial charge in [0.2, 0.25) is 0 Å². The lowest BCUT2D eigenvalue weighted by Gasteiger charge is -2.15. The van der Waals surface area contributed by atoms with E-state index >= 15 is 0 Å². The minimum Gasteiger partial charge on any atom is -0.496 e. The number of hydrogen-bond donors (Lipinski definition) is 1. The van der Waals surface area contributed by atoms with Gasteiger partial charge in [-0.2, -0.15) is 0 Å². The molecule has 0 radical (unpaired) electrons. The van der Waals surface area contributed by atoms with Gasteiger partial charge in [-0.3, -0.25) is 0 Å². The second-order valence-electron chi connectivity index (χ2n) is 3.82. The third-order valence-electron chi connectivity index (χ3n) is 2.38. The van der Waals surface area contributed by atoms with Gasteiger partial charge in [0.1, 0.15) is 23.9 Å². The first-order valence-electron chi connectivity index (χ1n) is 5.78. The first-order valence-corrected chi connectivity index (χ1v) is 5.78. The highest BCUT2D eigenvalue weighted by molar-refractivity contribution is 5.41. The minimum absolute atomic E-state index is 0.317. The average Bonchev–Trinajstić information content (AvgIpc) is 2.36. The van der Waals surface area contributed by atoms with Gasteiger partial charge in [-0.05, 0) is 13.5 Å². The van der Waals surface area contributed by atoms with Gasteiger partial charge in [0.25, 0.3) is 0 Å². The highest BCUT2D eigenvalue weighted by Gasteiger charge is 2.05. The summed E-state index contributed by atoms with van der Waals surface area (Å²) < 4.78 is 16.0. The van der Waals surface area contributed by atoms with Gasteiger partial charge >= 0.3 is 0 Å². The van der Waals surface area contributed by atoms with Crippen LogP contribution < -0.4 is 19.5 Å². The van der Waals surface area contributed by atoms with Crippen molar-refractivity contribution in [2.45, 2.75) is 19.9 Å². The van der Waals surface area contributed by atoms with Crippen LogP contribution in [0.3, 0.4) is 0 Å². The van der Waals surface area contributed by atoms with Crippen LogP contribution in [0.4, 0.5) is 0 Å². The SMILES string of the molecule is CCNC(C)COc1cc(OC)cc(OC)c1. The summed E-state index contributed by atoms with van der Waals surface area (Å²) >= 11 is 0. The van der Waals surface area contributed by atoms with Crippen LogP contribution in [0, 0.1) is 0 Å². The monoisotopic (exact) mass is 239 g/mol. The molecule has 1 N–H and O–H groups in total. The van der Waals surface area contributed by atoms with Crippen LogP contribution in [-0.4, -0.2) is 33.4 Å². The molecule has 0 aliphatic heterocycles. The Morgan fingerprint density at radius 3 is 2.06 bits per heavy atom. The molecular formula is C13H21NO3. The number of methoxy groups -OCH3 is 2. The molecule has 1 unspecified atom stereocenters. The van der Waals surface area contributed by atoms with E-state index in [-0.39, 0.29) is 0 Å². The predicted octanol–water partition coefficient (Wildman–Crippen LogP) is 2.08. The van der Waals surface area contributed by atoms with Crippen molar-refractivity contribution in [3.8, 4) is 17.2 Å². The maximum absolute atomic E-state index is 5.68. The number of nitrogens with one attached hydrogen (secondary N) is 1. The Hall–Kier alpha value is -1.42. The van der Waals surface area contributed by atoms with E-state index in [0.29, 0.717) is 12.6 Å². The van der Waals surface area contributed by atoms with Crippen molar-refractivity contribution in [1.29, 1.82) is 0 Å². The van der Waals surface area contributed by atoms with E-state index in [1.54, 1.807) is 14.2 Å². The first-order chi connectivity index (χ1) is 8.19. The number of benzene rings is 1. The highest BCUT2D eigenvalue weighted by atomic mass is 16.5. The fraction of sp³-hybridized carbons (Fsp3) is 0.538. The van der Waals surface area contributed by atoms with Gasteiger partial charge in [0.15, 0.2) is 0 Å². The second-order valence-corrected chi connectivity index (χ2v) is 3.82. The Balaban J connectivity index is 2.63. The molecule has 0 bridgehead atoms. The average molecular weight is 239 g/mol. The van der Waals surface area contributed by atoms with Gasteiger partial charge in [-0.15, -0.1) is 0 Å². The van der Waals surface area contributed by atoms with E-state index in [9.17, 15) is 0 Å². The van der Waals surface area contributed by atoms with Crippen LogP contribution in [0.5, 0.6) is 17.2 Å². The van der Waals surface area contributed by atoms with Crippen LogP contribution in [0.15, 0.2) is 18.2 Å². The molecule has 0 aliphatic carbocycles. The standard InChI is InChI=1S/C13H21NO3/c1-5-14-10(2)9-17-13-7-11(15-3)6-12(8-13)16-4/h6-8,10,14H,5,9H2,1-4H3. The highest BCUT2D eigenvalue weighted by Crippen LogP contribution is 2.27. The van der Waals surface area contributed by atoms with Crippen LogP contribution in [-0.2, 0) is 0 Å². The van der Waals surface area contributed by atoms with Crippen molar-refractivity contribution in [2.75, 3.05) is 27.4 Å². The minimum atomic E-state index is 0.317. The number of hydrogen-bond acceptors (Lipinski definition) is 4. The molecule has 1 rings (SSSR count). The summed E-state index contributed by atoms with van der Waals surface area (Å²) in [5.41, 5.74) is 0. The van der Waals surface area contributed by atoms with Crippen molar-refractivity contribution in [3.63, 3.8) is 0 Å². The lowest BCUT2D eigenvalue weighted by molar-refractivity contribution is 0.272. The summed E-state index contributed by atoms with van der Waals surface area (Å²) in [6, 6.07) is 5.83. The second kappa shape index (κ2) is 7.01. The van der Waals surface area contributed by atoms with Crippen molar-refractivity contribution in [3.05, 3.63) is 18.2 Å². The van der Waals surface area contributed by atoms with E-state index in [1.165, 1.54) is 0 Å². The van der Waals surface area contributed by atoms with Crippen LogP contribution in [0.25, 0.3) is 0 Å². The molecule has 1 aromatic carbocycles. The van der Waals surface area contributed by atoms with Crippen LogP contribution in [0.1, 0.15) is 13.8 Å². The number of ether oxygens (including phenoxy) is 3. The molecule has 1 aromatic rings. The lowest BCUT2D eigenvalue weighted by atomic mass is 10.3. The molecule has 0 fully saturated rings. The Morgan fingerprint density at radius 2 is 1.59 bits per heavy atom. The van der Waals surface area contributed by atoms with Crippen molar-refractivity contribution in [2.24, 2.45) is 0 Å². The van der Waals surface area contributed by atoms with Gasteiger partial charge in [0.05, 0.1) is 14.2 Å². The van der Waals surface area contributed by atoms with Gasteiger partial charge in [0, 0.05) is 24.2 Å². The Morgan fingerprint density at radius 1 is 1.06 bits per heavy atom. The largest absolute Gasteiger partial charge is 0.496 e. The molecule has 0 saturated heterocycles. The zero-order valence-corrected chi connectivity index (χ0v) is 10.9. The van der Waals surface area contributed by atoms with Gasteiger partial charge in [-0.25, -0.2) is 0 Å². The van der Waals surface area contributed by atoms with E-state index in [0.717, 1.165) is 23.8 Å². The molecule has 96 valence electrons. The zero-order chi connectivity index (χ0) is 12.7. The van der Waals surface area contributed by atoms with Crippen molar-refractivity contribution >= 4 is 0 Å². The molecule has 0 heterocycles. The first kappa shape index (κ1) is 13.6. The molecule has 0 saturated carbocycles. The maximum Gasteiger partial charge on any atom is 0.126 e. The maximum atomic E-state index is 5.68. The van der Waals surface area contributed by atoms with E-state index in [4.69, 9.17) is 14.2 Å². The molecule has 0 amide bonds. The van der Waals surface area contributed by atoms with E-state index < -0.39 is 0 Å². The summed E-state index contributed by atoms with van der Waals surface area (Å²) in [4.78, 5) is 0. The van der Waals surface area contributed by atoms with Crippen molar-refractivity contribution < 1.29 is 14.2 Å². The van der Waals surface area contributed by atoms with Crippen molar-refractivity contribution in [1.82, 2.24) is 5.32 Å². The molecule has 4 heteroatoms. The van der Waals surface area contributed by atoms with Crippen LogP contribution >= 0.6 is 0 Å². The normalized spacial score (nSPS) is 12.0. The lowest BCUT2D eigenvalue weighted by Crippen LogP contribution is -2.31. The summed E-state index contributed by atoms with van der Waals surface area (Å²) in [5.74, 6) is 2.22. The summed E-state index contributed by atoms with van der Waals surface area (Å²) in [6.07, 6.45) is 0. The molecule has 17 heavy (non-hydrogen) atoms. The summed E-state index contributed by atoms with van der Waals surface area (Å²) in [7, 11) is 3.25. The zero-order valence-electron chi connectivity index (χ0n) is 10.9. The van der Waals surface area contributed by atoms with E-state index in [2.05, 4.69) is 19.2 Å². The smallest absolute Gasteiger partial charge is 0.126 e. The van der Waals surface area contributed by atoms with E-state index in [1.807, 2.05) is 18.2 Å². The van der Waals surface area contributed by atoms with Gasteiger partial charge < -0.3 is 19.5 Å². The Labute approximate surface area is 103 Å². The molecule has 0 aromatic heterocycles. The quantitative estimate of drug-likeness (QED) is 0.791. The fourth-order valence-corrected chi connectivity index (χ4v) is 1.49. The Kier molecular flexibility index (Phi) is 5.63. The van der Waals surface area contributed by atoms with Gasteiger partial charge in [-0.1, -0.05) is 6.92 Å². The summed E-state index contributed by atoms with van der Waals surface area (Å²) in [6.45, 7) is 5.71. The fourth-order valence-electron chi connectivity index (χ4n) is 1.49. The molecule has 0 aliphatic rings. The third kappa shape index (κ3) is 4.53. The Bertz CT molecular complexity index is 319. The molecular weight excluding hydrogens is 218 g/mol. The third-order valence-corrected chi connectivity index (χ3v) is 2.38. The topological polar surface area (TPSA) is 39.7 Å². The molecule has 4 nitrogen and oxygen atoms in total. The molecule has 1 atom stereocenters. The predicted molar refractivity (Wildman–Crippen MR) is 68.2 cm³/mol. The molecule has 0 spiro atoms. The number of likely N-dealkylation sites (N-methyl/N-ethyl adjacent to an activating group) is 1. The number of rotatable bonds is 7.